The highest BCUT2D eigenvalue weighted by atomic mass is 19.3. The highest BCUT2D eigenvalue weighted by molar-refractivity contribution is 5.76. The molecule has 0 aromatic rings. The topological polar surface area (TPSA) is 17.1 Å². The molecule has 0 aromatic heterocycles. The van der Waals surface area contributed by atoms with E-state index in [2.05, 4.69) is 0 Å². The maximum atomic E-state index is 11.8. The van der Waals surface area contributed by atoms with E-state index in [0.717, 1.165) is 0 Å². The fraction of sp³-hybridized carbons (Fsp3) is 0.400. The van der Waals surface area contributed by atoms with E-state index in [1.54, 1.807) is 0 Å². The van der Waals surface area contributed by atoms with Gasteiger partial charge in [-0.25, -0.2) is 4.39 Å². The third kappa shape index (κ3) is 2.61. The van der Waals surface area contributed by atoms with Gasteiger partial charge in [0.2, 0.25) is 0 Å². The molecule has 0 atom stereocenters. The van der Waals surface area contributed by atoms with Crippen molar-refractivity contribution in [2.45, 2.75) is 12.3 Å². The summed E-state index contributed by atoms with van der Waals surface area (Å²) in [5.41, 5.74) is 0. The summed E-state index contributed by atoms with van der Waals surface area (Å²) in [6, 6.07) is -2.74. The molecule has 10 heavy (non-hydrogen) atoms. The standard InChI is InChI=1S/C5H4F4O/c6-3-1-2-5(8,9)4(7)10/h1,3H,2H2/b3-1+. The Balaban J connectivity index is 3.99. The van der Waals surface area contributed by atoms with E-state index in [1.807, 2.05) is 0 Å². The zero-order chi connectivity index (χ0) is 8.20. The van der Waals surface area contributed by atoms with Crippen LogP contribution in [0, 0.1) is 0 Å². The smallest absolute Gasteiger partial charge is 0.254 e. The first kappa shape index (κ1) is 9.13. The van der Waals surface area contributed by atoms with Gasteiger partial charge in [-0.3, -0.25) is 4.79 Å². The Labute approximate surface area is 54.3 Å². The van der Waals surface area contributed by atoms with Crippen LogP contribution in [0.25, 0.3) is 0 Å². The molecule has 0 N–H and O–H groups in total. The van der Waals surface area contributed by atoms with E-state index in [1.165, 1.54) is 0 Å². The lowest BCUT2D eigenvalue weighted by molar-refractivity contribution is -0.154. The first-order chi connectivity index (χ1) is 4.50. The van der Waals surface area contributed by atoms with E-state index in [0.29, 0.717) is 6.08 Å². The van der Waals surface area contributed by atoms with Crippen molar-refractivity contribution in [3.63, 3.8) is 0 Å². The molecule has 0 heterocycles. The molecule has 58 valence electrons. The van der Waals surface area contributed by atoms with Gasteiger partial charge in [-0.1, -0.05) is 0 Å². The Morgan fingerprint density at radius 3 is 2.30 bits per heavy atom. The van der Waals surface area contributed by atoms with Crippen LogP contribution < -0.4 is 0 Å². The molecular formula is C5H4F4O. The summed E-state index contributed by atoms with van der Waals surface area (Å²) in [4.78, 5) is 9.40. The third-order valence-corrected chi connectivity index (χ3v) is 0.751. The van der Waals surface area contributed by atoms with Gasteiger partial charge >= 0.3 is 12.0 Å². The zero-order valence-corrected chi connectivity index (χ0v) is 4.78. The van der Waals surface area contributed by atoms with Crippen LogP contribution in [-0.4, -0.2) is 12.0 Å². The Bertz CT molecular complexity index is 152. The van der Waals surface area contributed by atoms with Crippen molar-refractivity contribution in [2.24, 2.45) is 0 Å². The largest absolute Gasteiger partial charge is 0.370 e. The van der Waals surface area contributed by atoms with Crippen molar-refractivity contribution >= 4 is 6.04 Å². The molecule has 0 saturated heterocycles. The minimum Gasteiger partial charge on any atom is -0.254 e. The SMILES string of the molecule is O=C(F)C(F)(F)C/C=C/F. The third-order valence-electron chi connectivity index (χ3n) is 0.751. The highest BCUT2D eigenvalue weighted by Crippen LogP contribution is 2.20. The van der Waals surface area contributed by atoms with Crippen LogP contribution in [-0.2, 0) is 4.79 Å². The molecule has 0 unspecified atom stereocenters. The molecule has 0 aliphatic carbocycles. The lowest BCUT2D eigenvalue weighted by Crippen LogP contribution is -2.23. The van der Waals surface area contributed by atoms with Crippen molar-refractivity contribution in [2.75, 3.05) is 0 Å². The van der Waals surface area contributed by atoms with Crippen molar-refractivity contribution in [3.8, 4) is 0 Å². The lowest BCUT2D eigenvalue weighted by Gasteiger charge is -2.04. The van der Waals surface area contributed by atoms with Crippen molar-refractivity contribution in [1.82, 2.24) is 0 Å². The van der Waals surface area contributed by atoms with Crippen LogP contribution in [0.2, 0.25) is 0 Å². The molecule has 0 spiro atoms. The number of hydrogen-bond acceptors (Lipinski definition) is 1. The average molecular weight is 156 g/mol. The van der Waals surface area contributed by atoms with E-state index in [-0.39, 0.29) is 6.33 Å². The Hall–Kier alpha value is -0.870. The number of rotatable bonds is 3. The van der Waals surface area contributed by atoms with Gasteiger partial charge in [-0.15, -0.1) is 0 Å². The molecule has 0 aromatic carbocycles. The van der Waals surface area contributed by atoms with Gasteiger partial charge in [0, 0.05) is 6.42 Å². The van der Waals surface area contributed by atoms with E-state index < -0.39 is 18.4 Å². The second kappa shape index (κ2) is 3.34. The summed E-state index contributed by atoms with van der Waals surface area (Å²) < 4.78 is 45.9. The number of hydrogen-bond donors (Lipinski definition) is 0. The van der Waals surface area contributed by atoms with Gasteiger partial charge < -0.3 is 0 Å². The summed E-state index contributed by atoms with van der Waals surface area (Å²) in [6.07, 6.45) is -1.03. The van der Waals surface area contributed by atoms with Gasteiger partial charge in [0.25, 0.3) is 0 Å². The van der Waals surface area contributed by atoms with Gasteiger partial charge in [0.05, 0.1) is 6.33 Å². The van der Waals surface area contributed by atoms with Gasteiger partial charge in [-0.2, -0.15) is 13.2 Å². The Kier molecular flexibility index (Phi) is 3.05. The fourth-order valence-electron chi connectivity index (χ4n) is 0.273. The summed E-state index contributed by atoms with van der Waals surface area (Å²) in [6.45, 7) is 0. The average Bonchev–Trinajstić information content (AvgIpc) is 1.84. The monoisotopic (exact) mass is 156 g/mol. The number of carbonyl (C=O) groups excluding carboxylic acids is 1. The van der Waals surface area contributed by atoms with Crippen LogP contribution in [0.15, 0.2) is 12.4 Å². The number of carbonyl (C=O) groups is 1. The molecule has 1 nitrogen and oxygen atoms in total. The molecule has 0 radical (unpaired) electrons. The first-order valence-electron chi connectivity index (χ1n) is 2.33. The van der Waals surface area contributed by atoms with Crippen LogP contribution in [0.1, 0.15) is 6.42 Å². The van der Waals surface area contributed by atoms with Gasteiger partial charge in [-0.05, 0) is 6.08 Å². The number of halogens is 4. The first-order valence-corrected chi connectivity index (χ1v) is 2.33. The summed E-state index contributed by atoms with van der Waals surface area (Å²) in [5, 5.41) is 0. The summed E-state index contributed by atoms with van der Waals surface area (Å²) in [7, 11) is 0. The van der Waals surface area contributed by atoms with Crippen LogP contribution >= 0.6 is 0 Å². The van der Waals surface area contributed by atoms with Crippen LogP contribution in [0.3, 0.4) is 0 Å². The highest BCUT2D eigenvalue weighted by Gasteiger charge is 2.37. The predicted molar refractivity (Wildman–Crippen MR) is 25.9 cm³/mol. The summed E-state index contributed by atoms with van der Waals surface area (Å²) in [5.74, 6) is -4.08. The van der Waals surface area contributed by atoms with E-state index >= 15 is 0 Å². The molecule has 0 rings (SSSR count). The van der Waals surface area contributed by atoms with E-state index in [4.69, 9.17) is 0 Å². The van der Waals surface area contributed by atoms with Crippen molar-refractivity contribution in [3.05, 3.63) is 12.4 Å². The molecular weight excluding hydrogens is 152 g/mol. The summed E-state index contributed by atoms with van der Waals surface area (Å²) >= 11 is 0. The van der Waals surface area contributed by atoms with Crippen LogP contribution in [0.5, 0.6) is 0 Å². The Morgan fingerprint density at radius 2 is 2.00 bits per heavy atom. The molecule has 0 aliphatic heterocycles. The second-order valence-electron chi connectivity index (χ2n) is 1.54. The quantitative estimate of drug-likeness (QED) is 0.451. The normalized spacial score (nSPS) is 12.4. The Morgan fingerprint density at radius 1 is 1.50 bits per heavy atom. The maximum Gasteiger partial charge on any atom is 0.370 e. The minimum absolute atomic E-state index is 0.170. The van der Waals surface area contributed by atoms with Gasteiger partial charge in [0.15, 0.2) is 0 Å². The lowest BCUT2D eigenvalue weighted by atomic mass is 10.2. The molecule has 5 heteroatoms. The predicted octanol–water partition coefficient (Wildman–Crippen LogP) is 1.99. The van der Waals surface area contributed by atoms with E-state index in [9.17, 15) is 22.4 Å². The van der Waals surface area contributed by atoms with Crippen LogP contribution in [0.4, 0.5) is 17.6 Å². The van der Waals surface area contributed by atoms with Crippen molar-refractivity contribution in [1.29, 1.82) is 0 Å². The zero-order valence-electron chi connectivity index (χ0n) is 4.78. The van der Waals surface area contributed by atoms with Gasteiger partial charge in [0.1, 0.15) is 0 Å². The number of allylic oxidation sites excluding steroid dienone is 1. The van der Waals surface area contributed by atoms with Crippen molar-refractivity contribution < 1.29 is 22.4 Å². The maximum absolute atomic E-state index is 11.8. The molecule has 0 bridgehead atoms. The fourth-order valence-corrected chi connectivity index (χ4v) is 0.273. The number of alkyl halides is 2. The minimum atomic E-state index is -4.08. The molecule has 0 saturated carbocycles. The molecule has 0 fully saturated rings. The molecule has 0 amide bonds. The molecule has 0 aliphatic rings. The second-order valence-corrected chi connectivity index (χ2v) is 1.54.